The summed E-state index contributed by atoms with van der Waals surface area (Å²) in [5.41, 5.74) is 0. The number of hydrogen-bond acceptors (Lipinski definition) is 2. The second kappa shape index (κ2) is 11.9. The Balaban J connectivity index is 1.47. The Hall–Kier alpha value is -0.530. The lowest BCUT2D eigenvalue weighted by atomic mass is 9.30. The average molecular weight is 412 g/mol. The number of hydrogen-bond donors (Lipinski definition) is 1. The molecule has 4 fully saturated rings. The summed E-state index contributed by atoms with van der Waals surface area (Å²) in [4.78, 5) is 0. The lowest BCUT2D eigenvalue weighted by molar-refractivity contribution is 0.196. The monoisotopic (exact) mass is 412 g/mol. The maximum absolute atomic E-state index is 11.2. The van der Waals surface area contributed by atoms with E-state index in [9.17, 15) is 5.11 Å². The minimum atomic E-state index is 0.264. The molecule has 0 amide bonds. The molecule has 0 unspecified atom stereocenters. The molecule has 4 aliphatic carbocycles. The van der Waals surface area contributed by atoms with Gasteiger partial charge >= 0.3 is 6.92 Å². The molecule has 0 bridgehead atoms. The Labute approximate surface area is 187 Å². The van der Waals surface area contributed by atoms with Crippen LogP contribution in [0.2, 0.25) is 23.3 Å². The van der Waals surface area contributed by atoms with Crippen LogP contribution in [0.15, 0.2) is 11.9 Å². The van der Waals surface area contributed by atoms with E-state index in [1.807, 2.05) is 0 Å². The third-order valence-electron chi connectivity index (χ3n) is 9.21. The van der Waals surface area contributed by atoms with Gasteiger partial charge in [0.25, 0.3) is 0 Å². The molecule has 2 nitrogen and oxygen atoms in total. The predicted octanol–water partition coefficient (Wildman–Crippen LogP) is 8.77. The SMILES string of the molecule is O/C(=C\B(C1CCCCC1)C1CCCCC1)OB(C1CCCCC1)C1CCCCC1. The molecular weight excluding hydrogens is 366 g/mol. The summed E-state index contributed by atoms with van der Waals surface area (Å²) >= 11 is 0. The van der Waals surface area contributed by atoms with Crippen LogP contribution in [0, 0.1) is 0 Å². The van der Waals surface area contributed by atoms with Crippen LogP contribution in [-0.4, -0.2) is 18.7 Å². The molecule has 0 saturated heterocycles. The van der Waals surface area contributed by atoms with Gasteiger partial charge in [0.15, 0.2) is 6.71 Å². The van der Waals surface area contributed by atoms with E-state index in [0.29, 0.717) is 24.3 Å². The highest BCUT2D eigenvalue weighted by Crippen LogP contribution is 2.44. The first-order valence-corrected chi connectivity index (χ1v) is 13.9. The Morgan fingerprint density at radius 3 is 1.23 bits per heavy atom. The molecule has 0 aromatic rings. The van der Waals surface area contributed by atoms with Crippen LogP contribution in [0.1, 0.15) is 128 Å². The summed E-state index contributed by atoms with van der Waals surface area (Å²) in [6.45, 7) is 0.809. The van der Waals surface area contributed by atoms with Crippen LogP contribution >= 0.6 is 0 Å². The zero-order valence-corrected chi connectivity index (χ0v) is 19.5. The van der Waals surface area contributed by atoms with Gasteiger partial charge in [-0.05, 0) is 17.6 Å². The van der Waals surface area contributed by atoms with Crippen LogP contribution in [-0.2, 0) is 4.65 Å². The summed E-state index contributed by atoms with van der Waals surface area (Å²) < 4.78 is 6.56. The molecule has 0 spiro atoms. The van der Waals surface area contributed by atoms with Crippen molar-refractivity contribution in [2.75, 3.05) is 0 Å². The van der Waals surface area contributed by atoms with Gasteiger partial charge in [-0.25, -0.2) is 0 Å². The fourth-order valence-electron chi connectivity index (χ4n) is 7.54. The van der Waals surface area contributed by atoms with Crippen LogP contribution in [0.3, 0.4) is 0 Å². The van der Waals surface area contributed by atoms with Crippen LogP contribution in [0.25, 0.3) is 0 Å². The lowest BCUT2D eigenvalue weighted by Gasteiger charge is -2.36. The minimum absolute atomic E-state index is 0.264. The van der Waals surface area contributed by atoms with Crippen molar-refractivity contribution in [3.63, 3.8) is 0 Å². The van der Waals surface area contributed by atoms with Crippen LogP contribution in [0.4, 0.5) is 0 Å². The van der Waals surface area contributed by atoms with E-state index in [0.717, 1.165) is 11.6 Å². The van der Waals surface area contributed by atoms with Gasteiger partial charge in [0, 0.05) is 0 Å². The number of rotatable bonds is 7. The van der Waals surface area contributed by atoms with Crippen molar-refractivity contribution in [1.82, 2.24) is 0 Å². The Morgan fingerprint density at radius 1 is 0.533 bits per heavy atom. The van der Waals surface area contributed by atoms with Gasteiger partial charge in [0.05, 0.1) is 0 Å². The molecule has 4 saturated carbocycles. The Kier molecular flexibility index (Phi) is 9.00. The molecular formula is C26H46B2O2. The van der Waals surface area contributed by atoms with Crippen LogP contribution in [0.5, 0.6) is 0 Å². The predicted molar refractivity (Wildman–Crippen MR) is 131 cm³/mol. The van der Waals surface area contributed by atoms with Gasteiger partial charge < -0.3 is 9.76 Å². The van der Waals surface area contributed by atoms with Crippen molar-refractivity contribution in [2.45, 2.75) is 152 Å². The Morgan fingerprint density at radius 2 is 0.867 bits per heavy atom. The topological polar surface area (TPSA) is 29.5 Å². The molecule has 0 heterocycles. The van der Waals surface area contributed by atoms with Crippen molar-refractivity contribution >= 4 is 13.6 Å². The fraction of sp³-hybridized carbons (Fsp3) is 0.923. The van der Waals surface area contributed by atoms with Gasteiger partial charge in [-0.15, -0.1) is 0 Å². The standard InChI is InChI=1S/C26H46B2O2/c29-26(21-27(22-13-5-1-6-14-22)23-15-7-2-8-16-23)30-28(24-17-9-3-10-18-24)25-19-11-4-12-20-25/h21-25,29H,1-20H2/b26-21+. The molecule has 4 heteroatoms. The smallest absolute Gasteiger partial charge is 0.368 e. The second-order valence-electron chi connectivity index (χ2n) is 11.3. The van der Waals surface area contributed by atoms with Gasteiger partial charge in [-0.1, -0.05) is 140 Å². The summed E-state index contributed by atoms with van der Waals surface area (Å²) in [5, 5.41) is 11.2. The number of aliphatic hydroxyl groups excluding tert-OH is 1. The van der Waals surface area contributed by atoms with Crippen molar-refractivity contribution in [1.29, 1.82) is 0 Å². The van der Waals surface area contributed by atoms with E-state index < -0.39 is 0 Å². The third-order valence-corrected chi connectivity index (χ3v) is 9.21. The molecule has 0 aliphatic heterocycles. The molecule has 168 valence electrons. The van der Waals surface area contributed by atoms with Gasteiger partial charge in [-0.3, -0.25) is 0 Å². The molecule has 0 atom stereocenters. The molecule has 1 N–H and O–H groups in total. The number of aliphatic hydroxyl groups is 1. The minimum Gasteiger partial charge on any atom is -0.536 e. The summed E-state index contributed by atoms with van der Waals surface area (Å²) in [6, 6.07) is 0. The van der Waals surface area contributed by atoms with Crippen molar-refractivity contribution in [3.05, 3.63) is 11.9 Å². The maximum Gasteiger partial charge on any atom is 0.368 e. The average Bonchev–Trinajstić information content (AvgIpc) is 2.83. The van der Waals surface area contributed by atoms with E-state index in [-0.39, 0.29) is 6.92 Å². The molecule has 4 aliphatic rings. The zero-order chi connectivity index (χ0) is 20.6. The van der Waals surface area contributed by atoms with Crippen molar-refractivity contribution in [3.8, 4) is 0 Å². The molecule has 0 radical (unpaired) electrons. The van der Waals surface area contributed by atoms with Gasteiger partial charge in [0.2, 0.25) is 5.95 Å². The zero-order valence-electron chi connectivity index (χ0n) is 19.5. The Bertz CT molecular complexity index is 477. The van der Waals surface area contributed by atoms with Gasteiger partial charge in [-0.2, -0.15) is 0 Å². The highest BCUT2D eigenvalue weighted by Gasteiger charge is 2.40. The van der Waals surface area contributed by atoms with E-state index in [4.69, 9.17) is 4.65 Å². The summed E-state index contributed by atoms with van der Waals surface area (Å²) in [7, 11) is 0. The molecule has 0 aromatic carbocycles. The summed E-state index contributed by atoms with van der Waals surface area (Å²) in [5.74, 6) is 5.41. The van der Waals surface area contributed by atoms with Gasteiger partial charge in [0.1, 0.15) is 0 Å². The highest BCUT2D eigenvalue weighted by molar-refractivity contribution is 6.67. The van der Waals surface area contributed by atoms with Crippen LogP contribution < -0.4 is 0 Å². The van der Waals surface area contributed by atoms with Crippen molar-refractivity contribution in [2.24, 2.45) is 0 Å². The molecule has 0 aromatic heterocycles. The third kappa shape index (κ3) is 6.26. The van der Waals surface area contributed by atoms with E-state index in [1.54, 1.807) is 0 Å². The first-order chi connectivity index (χ1) is 14.8. The van der Waals surface area contributed by atoms with Crippen molar-refractivity contribution < 1.29 is 9.76 Å². The largest absolute Gasteiger partial charge is 0.536 e. The second-order valence-corrected chi connectivity index (χ2v) is 11.3. The highest BCUT2D eigenvalue weighted by atomic mass is 16.6. The fourth-order valence-corrected chi connectivity index (χ4v) is 7.54. The summed E-state index contributed by atoms with van der Waals surface area (Å²) in [6.07, 6.45) is 27.2. The normalized spacial score (nSPS) is 26.5. The molecule has 4 rings (SSSR count). The first-order valence-electron chi connectivity index (χ1n) is 13.9. The quantitative estimate of drug-likeness (QED) is 0.335. The maximum atomic E-state index is 11.2. The first kappa shape index (κ1) is 22.7. The van der Waals surface area contributed by atoms with E-state index >= 15 is 0 Å². The lowest BCUT2D eigenvalue weighted by Crippen LogP contribution is -2.34. The molecule has 30 heavy (non-hydrogen) atoms. The van der Waals surface area contributed by atoms with E-state index in [1.165, 1.54) is 128 Å². The van der Waals surface area contributed by atoms with E-state index in [2.05, 4.69) is 5.98 Å².